The predicted octanol–water partition coefficient (Wildman–Crippen LogP) is 1.15. The Bertz CT molecular complexity index is 761. The van der Waals surface area contributed by atoms with Crippen molar-refractivity contribution in [1.29, 1.82) is 0 Å². The third-order valence-electron chi connectivity index (χ3n) is 2.87. The molecule has 0 aliphatic heterocycles. The molecule has 0 saturated heterocycles. The highest BCUT2D eigenvalue weighted by Crippen LogP contribution is 2.10. The van der Waals surface area contributed by atoms with Gasteiger partial charge in [0.25, 0.3) is 11.8 Å². The molecule has 3 N–H and O–H groups in total. The summed E-state index contributed by atoms with van der Waals surface area (Å²) in [5.41, 5.74) is 3.92. The molecular weight excluding hydrogens is 319 g/mol. The van der Waals surface area contributed by atoms with Crippen LogP contribution >= 0.6 is 0 Å². The van der Waals surface area contributed by atoms with E-state index < -0.39 is 30.2 Å². The number of esters is 1. The van der Waals surface area contributed by atoms with Gasteiger partial charge in [-0.3, -0.25) is 20.4 Å². The van der Waals surface area contributed by atoms with Crippen molar-refractivity contribution in [3.63, 3.8) is 0 Å². The maximum absolute atomic E-state index is 13.4. The molecule has 0 aromatic heterocycles. The minimum Gasteiger partial charge on any atom is -0.508 e. The number of hydrogen-bond acceptors (Lipinski definition) is 5. The third-order valence-corrected chi connectivity index (χ3v) is 2.87. The van der Waals surface area contributed by atoms with Crippen LogP contribution in [0.1, 0.15) is 20.7 Å². The highest BCUT2D eigenvalue weighted by molar-refractivity contribution is 5.96. The molecular formula is C16H13FN2O5. The molecule has 2 aromatic carbocycles. The summed E-state index contributed by atoms with van der Waals surface area (Å²) in [5, 5.41) is 9.11. The van der Waals surface area contributed by atoms with Crippen molar-refractivity contribution in [3.05, 3.63) is 65.5 Å². The average molecular weight is 332 g/mol. The first-order chi connectivity index (χ1) is 11.5. The standard InChI is InChI=1S/C16H13FN2O5/c17-13-4-2-1-3-12(13)15(22)19-18-14(21)9-24-16(23)10-5-7-11(20)8-6-10/h1-8,20H,9H2,(H,18,21)(H,19,22). The van der Waals surface area contributed by atoms with Crippen LogP contribution in [0.25, 0.3) is 0 Å². The lowest BCUT2D eigenvalue weighted by Gasteiger charge is -2.08. The van der Waals surface area contributed by atoms with Crippen LogP contribution in [0, 0.1) is 5.82 Å². The van der Waals surface area contributed by atoms with Crippen molar-refractivity contribution in [2.45, 2.75) is 0 Å². The van der Waals surface area contributed by atoms with E-state index in [2.05, 4.69) is 0 Å². The number of halogens is 1. The van der Waals surface area contributed by atoms with Crippen molar-refractivity contribution in [3.8, 4) is 5.75 Å². The van der Waals surface area contributed by atoms with Gasteiger partial charge in [0.2, 0.25) is 0 Å². The van der Waals surface area contributed by atoms with Crippen LogP contribution in [0.5, 0.6) is 5.75 Å². The molecule has 0 aliphatic carbocycles. The van der Waals surface area contributed by atoms with Crippen LogP contribution in [0.2, 0.25) is 0 Å². The number of benzene rings is 2. The van der Waals surface area contributed by atoms with E-state index in [0.29, 0.717) is 0 Å². The van der Waals surface area contributed by atoms with E-state index in [1.54, 1.807) is 0 Å². The van der Waals surface area contributed by atoms with Crippen molar-refractivity contribution in [2.24, 2.45) is 0 Å². The molecule has 0 fully saturated rings. The first-order valence-electron chi connectivity index (χ1n) is 6.77. The molecule has 2 aromatic rings. The Morgan fingerprint density at radius 1 is 1.00 bits per heavy atom. The van der Waals surface area contributed by atoms with Crippen LogP contribution in [0.3, 0.4) is 0 Å². The van der Waals surface area contributed by atoms with Crippen molar-refractivity contribution < 1.29 is 28.6 Å². The summed E-state index contributed by atoms with van der Waals surface area (Å²) >= 11 is 0. The normalized spacial score (nSPS) is 9.88. The zero-order valence-electron chi connectivity index (χ0n) is 12.3. The van der Waals surface area contributed by atoms with Crippen LogP contribution in [-0.2, 0) is 9.53 Å². The molecule has 0 aliphatic rings. The van der Waals surface area contributed by atoms with Gasteiger partial charge < -0.3 is 9.84 Å². The zero-order chi connectivity index (χ0) is 17.5. The first kappa shape index (κ1) is 16.9. The summed E-state index contributed by atoms with van der Waals surface area (Å²) in [6.45, 7) is -0.642. The summed E-state index contributed by atoms with van der Waals surface area (Å²) in [6.07, 6.45) is 0. The number of aromatic hydroxyl groups is 1. The topological polar surface area (TPSA) is 105 Å². The molecule has 24 heavy (non-hydrogen) atoms. The van der Waals surface area contributed by atoms with Gasteiger partial charge in [-0.2, -0.15) is 0 Å². The van der Waals surface area contributed by atoms with Crippen molar-refractivity contribution >= 4 is 17.8 Å². The largest absolute Gasteiger partial charge is 0.508 e. The first-order valence-corrected chi connectivity index (χ1v) is 6.77. The van der Waals surface area contributed by atoms with Gasteiger partial charge in [-0.25, -0.2) is 9.18 Å². The summed E-state index contributed by atoms with van der Waals surface area (Å²) in [5.74, 6) is -3.16. The number of carbonyl (C=O) groups excluding carboxylic acids is 3. The second-order valence-corrected chi connectivity index (χ2v) is 4.61. The lowest BCUT2D eigenvalue weighted by molar-refractivity contribution is -0.125. The molecule has 0 bridgehead atoms. The maximum Gasteiger partial charge on any atom is 0.338 e. The second-order valence-electron chi connectivity index (χ2n) is 4.61. The summed E-state index contributed by atoms with van der Waals surface area (Å²) in [7, 11) is 0. The number of nitrogens with one attached hydrogen (secondary N) is 2. The predicted molar refractivity (Wildman–Crippen MR) is 80.4 cm³/mol. The number of hydrazine groups is 1. The molecule has 8 heteroatoms. The molecule has 0 saturated carbocycles. The van der Waals surface area contributed by atoms with Gasteiger partial charge in [-0.05, 0) is 36.4 Å². The molecule has 0 heterocycles. The van der Waals surface area contributed by atoms with Crippen LogP contribution < -0.4 is 10.9 Å². The smallest absolute Gasteiger partial charge is 0.338 e. The quantitative estimate of drug-likeness (QED) is 0.575. The van der Waals surface area contributed by atoms with E-state index in [0.717, 1.165) is 6.07 Å². The molecule has 0 unspecified atom stereocenters. The fourth-order valence-electron chi connectivity index (χ4n) is 1.69. The van der Waals surface area contributed by atoms with E-state index in [-0.39, 0.29) is 16.9 Å². The van der Waals surface area contributed by atoms with Crippen LogP contribution in [-0.4, -0.2) is 29.5 Å². The minimum atomic E-state index is -0.841. The Morgan fingerprint density at radius 2 is 1.67 bits per heavy atom. The van der Waals surface area contributed by atoms with Crippen molar-refractivity contribution in [2.75, 3.05) is 6.61 Å². The van der Waals surface area contributed by atoms with Gasteiger partial charge in [-0.1, -0.05) is 12.1 Å². The molecule has 124 valence electrons. The summed E-state index contributed by atoms with van der Waals surface area (Å²) < 4.78 is 18.1. The van der Waals surface area contributed by atoms with Gasteiger partial charge in [-0.15, -0.1) is 0 Å². The number of carbonyl (C=O) groups is 3. The summed E-state index contributed by atoms with van der Waals surface area (Å²) in [6, 6.07) is 10.5. The van der Waals surface area contributed by atoms with Gasteiger partial charge >= 0.3 is 5.97 Å². The van der Waals surface area contributed by atoms with Gasteiger partial charge in [0.05, 0.1) is 11.1 Å². The molecule has 2 rings (SSSR count). The van der Waals surface area contributed by atoms with E-state index in [9.17, 15) is 18.8 Å². The van der Waals surface area contributed by atoms with Crippen LogP contribution in [0.4, 0.5) is 4.39 Å². The Kier molecular flexibility index (Phi) is 5.45. The molecule has 0 spiro atoms. The van der Waals surface area contributed by atoms with Gasteiger partial charge in [0.1, 0.15) is 11.6 Å². The monoisotopic (exact) mass is 332 g/mol. The van der Waals surface area contributed by atoms with E-state index in [4.69, 9.17) is 9.84 Å². The number of amides is 2. The lowest BCUT2D eigenvalue weighted by atomic mass is 10.2. The highest BCUT2D eigenvalue weighted by Gasteiger charge is 2.13. The lowest BCUT2D eigenvalue weighted by Crippen LogP contribution is -2.43. The minimum absolute atomic E-state index is 0.0138. The second kappa shape index (κ2) is 7.73. The van der Waals surface area contributed by atoms with Crippen molar-refractivity contribution in [1.82, 2.24) is 10.9 Å². The fraction of sp³-hybridized carbons (Fsp3) is 0.0625. The van der Waals surface area contributed by atoms with E-state index >= 15 is 0 Å². The molecule has 0 radical (unpaired) electrons. The third kappa shape index (κ3) is 4.54. The van der Waals surface area contributed by atoms with Gasteiger partial charge in [0, 0.05) is 0 Å². The molecule has 0 atom stereocenters. The number of phenols is 1. The number of rotatable bonds is 4. The average Bonchev–Trinajstić information content (AvgIpc) is 2.58. The SMILES string of the molecule is O=C(COC(=O)c1ccc(O)cc1)NNC(=O)c1ccccc1F. The Morgan fingerprint density at radius 3 is 2.33 bits per heavy atom. The molecule has 2 amide bonds. The van der Waals surface area contributed by atoms with E-state index in [1.807, 2.05) is 10.9 Å². The highest BCUT2D eigenvalue weighted by atomic mass is 19.1. The maximum atomic E-state index is 13.4. The fourth-order valence-corrected chi connectivity index (χ4v) is 1.69. The number of ether oxygens (including phenoxy) is 1. The Balaban J connectivity index is 1.79. The zero-order valence-corrected chi connectivity index (χ0v) is 12.3. The summed E-state index contributed by atoms with van der Waals surface area (Å²) in [4.78, 5) is 34.8. The van der Waals surface area contributed by atoms with E-state index in [1.165, 1.54) is 42.5 Å². The number of hydrogen-bond donors (Lipinski definition) is 3. The Labute approximate surface area is 136 Å². The number of phenolic OH excluding ortho intramolecular Hbond substituents is 1. The van der Waals surface area contributed by atoms with Gasteiger partial charge in [0.15, 0.2) is 6.61 Å². The Hall–Kier alpha value is -3.42. The molecule has 7 nitrogen and oxygen atoms in total. The van der Waals surface area contributed by atoms with Crippen LogP contribution in [0.15, 0.2) is 48.5 Å².